The summed E-state index contributed by atoms with van der Waals surface area (Å²) in [5.41, 5.74) is 2.27. The fourth-order valence-electron chi connectivity index (χ4n) is 3.62. The van der Waals surface area contributed by atoms with Crippen molar-refractivity contribution in [2.45, 2.75) is 46.5 Å². The standard InChI is InChI=1S/C21H26N2O3S/c1-5-21(2,3)14-8-9-15-16(11-14)27-19(17(15)20(25)26-4)23-18(24)13-7-6-10-22-12-13/h6-7,10,12,14H,5,8-9,11H2,1-4H3,(H,23,24). The van der Waals surface area contributed by atoms with E-state index < -0.39 is 0 Å². The topological polar surface area (TPSA) is 68.3 Å². The number of carbonyl (C=O) groups is 2. The fourth-order valence-corrected chi connectivity index (χ4v) is 4.93. The summed E-state index contributed by atoms with van der Waals surface area (Å²) in [7, 11) is 1.38. The van der Waals surface area contributed by atoms with Gasteiger partial charge in [0, 0.05) is 17.3 Å². The van der Waals surface area contributed by atoms with Gasteiger partial charge in [-0.2, -0.15) is 0 Å². The van der Waals surface area contributed by atoms with Gasteiger partial charge in [0.25, 0.3) is 5.91 Å². The highest BCUT2D eigenvalue weighted by atomic mass is 32.1. The predicted octanol–water partition coefficient (Wildman–Crippen LogP) is 4.72. The summed E-state index contributed by atoms with van der Waals surface area (Å²) in [5.74, 6) is -0.0829. The molecule has 1 amide bonds. The number of thiophene rings is 1. The van der Waals surface area contributed by atoms with Crippen molar-refractivity contribution in [2.24, 2.45) is 11.3 Å². The Bertz CT molecular complexity index is 843. The highest BCUT2D eigenvalue weighted by Crippen LogP contribution is 2.45. The zero-order valence-electron chi connectivity index (χ0n) is 16.3. The van der Waals surface area contributed by atoms with Gasteiger partial charge in [-0.05, 0) is 48.3 Å². The Labute approximate surface area is 164 Å². The van der Waals surface area contributed by atoms with Crippen molar-refractivity contribution in [3.63, 3.8) is 0 Å². The Morgan fingerprint density at radius 1 is 1.41 bits per heavy atom. The molecular weight excluding hydrogens is 360 g/mol. The van der Waals surface area contributed by atoms with Crippen molar-refractivity contribution in [1.29, 1.82) is 0 Å². The van der Waals surface area contributed by atoms with Gasteiger partial charge in [-0.3, -0.25) is 9.78 Å². The molecule has 0 saturated heterocycles. The van der Waals surface area contributed by atoms with Crippen LogP contribution in [0.25, 0.3) is 0 Å². The minimum Gasteiger partial charge on any atom is -0.465 e. The highest BCUT2D eigenvalue weighted by molar-refractivity contribution is 7.17. The summed E-state index contributed by atoms with van der Waals surface area (Å²) in [6.45, 7) is 6.84. The molecule has 0 saturated carbocycles. The first-order valence-corrected chi connectivity index (χ1v) is 10.1. The van der Waals surface area contributed by atoms with Gasteiger partial charge < -0.3 is 10.1 Å². The van der Waals surface area contributed by atoms with Gasteiger partial charge in [-0.1, -0.05) is 27.2 Å². The summed E-state index contributed by atoms with van der Waals surface area (Å²) in [4.78, 5) is 30.2. The van der Waals surface area contributed by atoms with Gasteiger partial charge in [-0.15, -0.1) is 11.3 Å². The molecule has 0 fully saturated rings. The molecule has 0 radical (unpaired) electrons. The molecule has 1 unspecified atom stereocenters. The van der Waals surface area contributed by atoms with E-state index in [4.69, 9.17) is 4.74 Å². The first kappa shape index (κ1) is 19.5. The highest BCUT2D eigenvalue weighted by Gasteiger charge is 2.35. The third-order valence-corrected chi connectivity index (χ3v) is 6.99. The van der Waals surface area contributed by atoms with Crippen LogP contribution in [-0.4, -0.2) is 24.0 Å². The molecule has 3 rings (SSSR count). The minimum absolute atomic E-state index is 0.256. The van der Waals surface area contributed by atoms with E-state index in [0.717, 1.165) is 31.2 Å². The number of esters is 1. The van der Waals surface area contributed by atoms with E-state index in [9.17, 15) is 9.59 Å². The third kappa shape index (κ3) is 3.90. The molecule has 0 bridgehead atoms. The van der Waals surface area contributed by atoms with Crippen LogP contribution < -0.4 is 5.32 Å². The molecule has 0 aliphatic heterocycles. The molecule has 1 N–H and O–H groups in total. The number of hydrogen-bond donors (Lipinski definition) is 1. The van der Waals surface area contributed by atoms with E-state index in [1.54, 1.807) is 18.3 Å². The molecule has 2 aromatic rings. The fraction of sp³-hybridized carbons (Fsp3) is 0.476. The number of nitrogens with one attached hydrogen (secondary N) is 1. The van der Waals surface area contributed by atoms with Gasteiger partial charge in [0.15, 0.2) is 0 Å². The number of hydrogen-bond acceptors (Lipinski definition) is 5. The number of anilines is 1. The number of carbonyl (C=O) groups excluding carboxylic acids is 2. The van der Waals surface area contributed by atoms with Crippen LogP contribution in [0.2, 0.25) is 0 Å². The number of ether oxygens (including phenoxy) is 1. The van der Waals surface area contributed by atoms with E-state index in [1.807, 2.05) is 0 Å². The molecule has 5 nitrogen and oxygen atoms in total. The van der Waals surface area contributed by atoms with E-state index >= 15 is 0 Å². The lowest BCUT2D eigenvalue weighted by molar-refractivity contribution is 0.0600. The number of aromatic nitrogens is 1. The molecule has 2 heterocycles. The summed E-state index contributed by atoms with van der Waals surface area (Å²) in [6, 6.07) is 3.42. The Balaban J connectivity index is 1.93. The van der Waals surface area contributed by atoms with Crippen molar-refractivity contribution in [1.82, 2.24) is 4.98 Å². The van der Waals surface area contributed by atoms with E-state index in [1.165, 1.54) is 29.5 Å². The average molecular weight is 387 g/mol. The molecular formula is C21H26N2O3S. The Morgan fingerprint density at radius 2 is 2.19 bits per heavy atom. The Hall–Kier alpha value is -2.21. The van der Waals surface area contributed by atoms with Crippen molar-refractivity contribution in [3.05, 3.63) is 46.1 Å². The Morgan fingerprint density at radius 3 is 2.81 bits per heavy atom. The van der Waals surface area contributed by atoms with Crippen LogP contribution in [0, 0.1) is 11.3 Å². The van der Waals surface area contributed by atoms with Crippen LogP contribution in [0.5, 0.6) is 0 Å². The van der Waals surface area contributed by atoms with Crippen molar-refractivity contribution < 1.29 is 14.3 Å². The van der Waals surface area contributed by atoms with Crippen LogP contribution in [0.1, 0.15) is 64.8 Å². The lowest BCUT2D eigenvalue weighted by Crippen LogP contribution is -2.28. The van der Waals surface area contributed by atoms with Gasteiger partial charge in [0.05, 0.1) is 18.2 Å². The second-order valence-electron chi connectivity index (χ2n) is 7.68. The van der Waals surface area contributed by atoms with Crippen molar-refractivity contribution in [3.8, 4) is 0 Å². The summed E-state index contributed by atoms with van der Waals surface area (Å²) in [6.07, 6.45) is 7.08. The van der Waals surface area contributed by atoms with Crippen LogP contribution in [-0.2, 0) is 17.6 Å². The predicted molar refractivity (Wildman–Crippen MR) is 107 cm³/mol. The Kier molecular flexibility index (Phi) is 5.65. The summed E-state index contributed by atoms with van der Waals surface area (Å²) >= 11 is 1.51. The van der Waals surface area contributed by atoms with Crippen molar-refractivity contribution >= 4 is 28.2 Å². The number of pyridine rings is 1. The monoisotopic (exact) mass is 386 g/mol. The van der Waals surface area contributed by atoms with Gasteiger partial charge in [-0.25, -0.2) is 4.79 Å². The summed E-state index contributed by atoms with van der Waals surface area (Å²) < 4.78 is 5.01. The van der Waals surface area contributed by atoms with Gasteiger partial charge in [0.1, 0.15) is 5.00 Å². The van der Waals surface area contributed by atoms with Crippen LogP contribution in [0.3, 0.4) is 0 Å². The van der Waals surface area contributed by atoms with Gasteiger partial charge >= 0.3 is 5.97 Å². The first-order valence-electron chi connectivity index (χ1n) is 9.31. The molecule has 1 aliphatic rings. The SMILES string of the molecule is CCC(C)(C)C1CCc2c(sc(NC(=O)c3cccnc3)c2C(=O)OC)C1. The normalized spacial score (nSPS) is 16.5. The third-order valence-electron chi connectivity index (χ3n) is 5.82. The molecule has 1 atom stereocenters. The lowest BCUT2D eigenvalue weighted by atomic mass is 9.69. The number of methoxy groups -OCH3 is 1. The molecule has 6 heteroatoms. The second-order valence-corrected chi connectivity index (χ2v) is 8.78. The second kappa shape index (κ2) is 7.80. The van der Waals surface area contributed by atoms with Crippen molar-refractivity contribution in [2.75, 3.05) is 12.4 Å². The first-order chi connectivity index (χ1) is 12.9. The number of amides is 1. The zero-order valence-corrected chi connectivity index (χ0v) is 17.1. The minimum atomic E-state index is -0.387. The molecule has 144 valence electrons. The van der Waals surface area contributed by atoms with Crippen LogP contribution >= 0.6 is 11.3 Å². The van der Waals surface area contributed by atoms with Crippen LogP contribution in [0.15, 0.2) is 24.5 Å². The van der Waals surface area contributed by atoms with E-state index in [-0.39, 0.29) is 17.3 Å². The maximum absolute atomic E-state index is 12.6. The number of fused-ring (bicyclic) bond motifs is 1. The largest absolute Gasteiger partial charge is 0.465 e. The average Bonchev–Trinajstić information content (AvgIpc) is 3.04. The molecule has 0 spiro atoms. The summed E-state index contributed by atoms with van der Waals surface area (Å²) in [5, 5.41) is 3.48. The van der Waals surface area contributed by atoms with E-state index in [0.29, 0.717) is 22.0 Å². The zero-order chi connectivity index (χ0) is 19.6. The van der Waals surface area contributed by atoms with Crippen LogP contribution in [0.4, 0.5) is 5.00 Å². The molecule has 2 aromatic heterocycles. The number of nitrogens with zero attached hydrogens (tertiary/aromatic N) is 1. The molecule has 0 aromatic carbocycles. The molecule has 1 aliphatic carbocycles. The van der Waals surface area contributed by atoms with E-state index in [2.05, 4.69) is 31.1 Å². The lowest BCUT2D eigenvalue weighted by Gasteiger charge is -2.36. The molecule has 27 heavy (non-hydrogen) atoms. The quantitative estimate of drug-likeness (QED) is 0.755. The smallest absolute Gasteiger partial charge is 0.341 e. The van der Waals surface area contributed by atoms with Gasteiger partial charge in [0.2, 0.25) is 0 Å². The maximum Gasteiger partial charge on any atom is 0.341 e. The maximum atomic E-state index is 12.6. The number of rotatable bonds is 5.